The van der Waals surface area contributed by atoms with Crippen molar-refractivity contribution < 1.29 is 19.4 Å². The molecular formula is C14H21NO4. The number of carbonyl (C=O) groups excluding carboxylic acids is 1. The van der Waals surface area contributed by atoms with Gasteiger partial charge in [-0.25, -0.2) is 0 Å². The minimum atomic E-state index is -0.751. The van der Waals surface area contributed by atoms with Crippen LogP contribution in [-0.4, -0.2) is 46.7 Å². The second kappa shape index (κ2) is 5.12. The molecule has 0 aliphatic carbocycles. The van der Waals surface area contributed by atoms with E-state index in [1.54, 1.807) is 0 Å². The zero-order valence-corrected chi connectivity index (χ0v) is 11.1. The van der Waals surface area contributed by atoms with Gasteiger partial charge in [0.2, 0.25) is 5.91 Å². The number of hydrogen-bond donors (Lipinski definition) is 1. The second-order valence-electron chi connectivity index (χ2n) is 5.97. The molecule has 3 fully saturated rings. The van der Waals surface area contributed by atoms with Crippen LogP contribution in [0.1, 0.15) is 44.9 Å². The summed E-state index contributed by atoms with van der Waals surface area (Å²) in [4.78, 5) is 25.4. The standard InChI is InChI=1S/C14H21NO4/c16-13(8-10-3-1-2-6-19-10)15-9-4-5-12(15)11(7-9)14(17)18/h9-12H,1-8H2,(H,17,18). The van der Waals surface area contributed by atoms with E-state index in [0.29, 0.717) is 12.8 Å². The third kappa shape index (κ3) is 2.36. The molecular weight excluding hydrogens is 246 g/mol. The third-order valence-corrected chi connectivity index (χ3v) is 4.82. The van der Waals surface area contributed by atoms with Gasteiger partial charge in [0.15, 0.2) is 0 Å². The number of hydrogen-bond acceptors (Lipinski definition) is 3. The minimum Gasteiger partial charge on any atom is -0.481 e. The molecule has 3 heterocycles. The Morgan fingerprint density at radius 3 is 2.68 bits per heavy atom. The quantitative estimate of drug-likeness (QED) is 0.839. The summed E-state index contributed by atoms with van der Waals surface area (Å²) >= 11 is 0. The zero-order valence-electron chi connectivity index (χ0n) is 11.1. The Kier molecular flexibility index (Phi) is 3.48. The zero-order chi connectivity index (χ0) is 13.4. The Hall–Kier alpha value is -1.10. The molecule has 4 atom stereocenters. The highest BCUT2D eigenvalue weighted by Gasteiger charge is 2.51. The van der Waals surface area contributed by atoms with Gasteiger partial charge in [0.1, 0.15) is 0 Å². The SMILES string of the molecule is O=C(O)C1CC2CCC1N2C(=O)CC1CCCCO1. The van der Waals surface area contributed by atoms with Gasteiger partial charge in [-0.3, -0.25) is 9.59 Å². The van der Waals surface area contributed by atoms with Crippen LogP contribution in [-0.2, 0) is 14.3 Å². The Balaban J connectivity index is 1.62. The largest absolute Gasteiger partial charge is 0.481 e. The Morgan fingerprint density at radius 2 is 2.05 bits per heavy atom. The van der Waals surface area contributed by atoms with Crippen LogP contribution >= 0.6 is 0 Å². The highest BCUT2D eigenvalue weighted by molar-refractivity contribution is 5.81. The molecule has 3 saturated heterocycles. The summed E-state index contributed by atoms with van der Waals surface area (Å²) in [7, 11) is 0. The first kappa shape index (κ1) is 12.9. The maximum Gasteiger partial charge on any atom is 0.308 e. The van der Waals surface area contributed by atoms with Crippen molar-refractivity contribution in [1.82, 2.24) is 4.90 Å². The first-order valence-corrected chi connectivity index (χ1v) is 7.32. The smallest absolute Gasteiger partial charge is 0.308 e. The van der Waals surface area contributed by atoms with E-state index in [-0.39, 0.29) is 30.0 Å². The number of rotatable bonds is 3. The number of amides is 1. The van der Waals surface area contributed by atoms with Gasteiger partial charge in [0.05, 0.1) is 18.4 Å². The molecule has 5 nitrogen and oxygen atoms in total. The molecule has 0 saturated carbocycles. The summed E-state index contributed by atoms with van der Waals surface area (Å²) in [5.74, 6) is -1.00. The van der Waals surface area contributed by atoms with E-state index < -0.39 is 5.97 Å². The number of carbonyl (C=O) groups is 2. The molecule has 3 aliphatic heterocycles. The topological polar surface area (TPSA) is 66.8 Å². The number of fused-ring (bicyclic) bond motifs is 2. The number of aliphatic carboxylic acids is 1. The monoisotopic (exact) mass is 267 g/mol. The molecule has 4 unspecified atom stereocenters. The van der Waals surface area contributed by atoms with E-state index in [0.717, 1.165) is 38.7 Å². The third-order valence-electron chi connectivity index (χ3n) is 4.82. The first-order valence-electron chi connectivity index (χ1n) is 7.32. The fraction of sp³-hybridized carbons (Fsp3) is 0.857. The number of carboxylic acids is 1. The molecule has 2 bridgehead atoms. The van der Waals surface area contributed by atoms with Gasteiger partial charge in [-0.05, 0) is 38.5 Å². The van der Waals surface area contributed by atoms with E-state index in [1.165, 1.54) is 0 Å². The maximum absolute atomic E-state index is 12.4. The van der Waals surface area contributed by atoms with Gasteiger partial charge in [-0.1, -0.05) is 0 Å². The van der Waals surface area contributed by atoms with Gasteiger partial charge >= 0.3 is 5.97 Å². The number of nitrogens with zero attached hydrogens (tertiary/aromatic N) is 1. The lowest BCUT2D eigenvalue weighted by atomic mass is 9.89. The summed E-state index contributed by atoms with van der Waals surface area (Å²) < 4.78 is 5.61. The van der Waals surface area contributed by atoms with Crippen molar-refractivity contribution >= 4 is 11.9 Å². The van der Waals surface area contributed by atoms with Crippen molar-refractivity contribution in [3.8, 4) is 0 Å². The van der Waals surface area contributed by atoms with Gasteiger partial charge in [-0.2, -0.15) is 0 Å². The van der Waals surface area contributed by atoms with Gasteiger partial charge in [0.25, 0.3) is 0 Å². The average molecular weight is 267 g/mol. The normalized spacial score (nSPS) is 37.6. The Morgan fingerprint density at radius 1 is 1.21 bits per heavy atom. The molecule has 1 N–H and O–H groups in total. The summed E-state index contributed by atoms with van der Waals surface area (Å²) in [6, 6.07) is 0.0841. The van der Waals surface area contributed by atoms with E-state index in [4.69, 9.17) is 4.74 Å². The highest BCUT2D eigenvalue weighted by Crippen LogP contribution is 2.42. The van der Waals surface area contributed by atoms with E-state index in [9.17, 15) is 14.7 Å². The molecule has 5 heteroatoms. The summed E-state index contributed by atoms with van der Waals surface area (Å²) in [6.45, 7) is 0.753. The van der Waals surface area contributed by atoms with Crippen LogP contribution in [0.25, 0.3) is 0 Å². The molecule has 3 rings (SSSR count). The van der Waals surface area contributed by atoms with Crippen LogP contribution in [0, 0.1) is 5.92 Å². The predicted octanol–water partition coefficient (Wildman–Crippen LogP) is 1.41. The number of ether oxygens (including phenoxy) is 1. The molecule has 19 heavy (non-hydrogen) atoms. The van der Waals surface area contributed by atoms with Gasteiger partial charge in [0, 0.05) is 18.7 Å². The number of carboxylic acid groups (broad SMARTS) is 1. The van der Waals surface area contributed by atoms with Gasteiger partial charge in [-0.15, -0.1) is 0 Å². The van der Waals surface area contributed by atoms with E-state index in [2.05, 4.69) is 0 Å². The lowest BCUT2D eigenvalue weighted by Gasteiger charge is -2.27. The van der Waals surface area contributed by atoms with Crippen molar-refractivity contribution in [1.29, 1.82) is 0 Å². The van der Waals surface area contributed by atoms with Crippen LogP contribution in [0.15, 0.2) is 0 Å². The minimum absolute atomic E-state index is 0.0459. The van der Waals surface area contributed by atoms with Crippen LogP contribution in [0.5, 0.6) is 0 Å². The van der Waals surface area contributed by atoms with Crippen molar-refractivity contribution in [2.45, 2.75) is 63.1 Å². The van der Waals surface area contributed by atoms with Crippen molar-refractivity contribution in [2.75, 3.05) is 6.61 Å². The molecule has 3 aliphatic rings. The summed E-state index contributed by atoms with van der Waals surface area (Å²) in [5.41, 5.74) is 0. The van der Waals surface area contributed by atoms with Crippen molar-refractivity contribution in [3.05, 3.63) is 0 Å². The van der Waals surface area contributed by atoms with Crippen molar-refractivity contribution in [3.63, 3.8) is 0 Å². The molecule has 0 spiro atoms. The summed E-state index contributed by atoms with van der Waals surface area (Å²) in [6.07, 6.45) is 6.09. The van der Waals surface area contributed by atoms with E-state index in [1.807, 2.05) is 4.90 Å². The second-order valence-corrected chi connectivity index (χ2v) is 5.97. The highest BCUT2D eigenvalue weighted by atomic mass is 16.5. The molecule has 106 valence electrons. The molecule has 0 aromatic rings. The fourth-order valence-corrected chi connectivity index (χ4v) is 3.91. The lowest BCUT2D eigenvalue weighted by Crippen LogP contribution is -2.40. The van der Waals surface area contributed by atoms with Gasteiger partial charge < -0.3 is 14.7 Å². The summed E-state index contributed by atoms with van der Waals surface area (Å²) in [5, 5.41) is 9.19. The average Bonchev–Trinajstić information content (AvgIpc) is 2.97. The Bertz CT molecular complexity index is 378. The predicted molar refractivity (Wildman–Crippen MR) is 67.6 cm³/mol. The van der Waals surface area contributed by atoms with E-state index >= 15 is 0 Å². The van der Waals surface area contributed by atoms with Crippen LogP contribution in [0.2, 0.25) is 0 Å². The maximum atomic E-state index is 12.4. The molecule has 1 amide bonds. The lowest BCUT2D eigenvalue weighted by molar-refractivity contribution is -0.143. The fourth-order valence-electron chi connectivity index (χ4n) is 3.91. The van der Waals surface area contributed by atoms with Crippen LogP contribution in [0.4, 0.5) is 0 Å². The first-order chi connectivity index (χ1) is 9.16. The van der Waals surface area contributed by atoms with Crippen LogP contribution < -0.4 is 0 Å². The van der Waals surface area contributed by atoms with Crippen molar-refractivity contribution in [2.24, 2.45) is 5.92 Å². The molecule has 0 radical (unpaired) electrons. The van der Waals surface area contributed by atoms with Crippen LogP contribution in [0.3, 0.4) is 0 Å². The molecule has 0 aromatic carbocycles. The molecule has 0 aromatic heterocycles. The Labute approximate surface area is 112 Å².